The molecule has 2 aromatic rings. The number of benzene rings is 1. The molecule has 0 spiro atoms. The Morgan fingerprint density at radius 1 is 1.11 bits per heavy atom. The number of aromatic nitrogens is 1. The van der Waals surface area contributed by atoms with E-state index in [1.54, 1.807) is 24.3 Å². The molecule has 2 heterocycles. The molecule has 6 nitrogen and oxygen atoms in total. The van der Waals surface area contributed by atoms with Gasteiger partial charge in [0.2, 0.25) is 0 Å². The maximum absolute atomic E-state index is 13.2. The van der Waals surface area contributed by atoms with Crippen molar-refractivity contribution >= 4 is 11.7 Å². The number of amides is 1. The second kappa shape index (κ2) is 7.51. The van der Waals surface area contributed by atoms with Gasteiger partial charge in [-0.1, -0.05) is 6.07 Å². The molecular formula is C22H24N4O2. The molecule has 1 amide bonds. The van der Waals surface area contributed by atoms with Gasteiger partial charge in [0.15, 0.2) is 5.60 Å². The highest BCUT2D eigenvalue weighted by atomic mass is 16.5. The fraction of sp³-hybridized carbons (Fsp3) is 0.409. The minimum absolute atomic E-state index is 0.0833. The maximum atomic E-state index is 13.2. The zero-order valence-corrected chi connectivity index (χ0v) is 16.1. The van der Waals surface area contributed by atoms with E-state index in [-0.39, 0.29) is 5.91 Å². The highest BCUT2D eigenvalue weighted by Gasteiger charge is 2.49. The minimum atomic E-state index is -0.752. The second-order valence-electron chi connectivity index (χ2n) is 7.50. The molecule has 0 bridgehead atoms. The average molecular weight is 376 g/mol. The van der Waals surface area contributed by atoms with Crippen LogP contribution in [-0.2, 0) is 4.79 Å². The molecule has 1 saturated carbocycles. The number of ether oxygens (including phenoxy) is 1. The summed E-state index contributed by atoms with van der Waals surface area (Å²) >= 11 is 0. The van der Waals surface area contributed by atoms with E-state index in [1.807, 2.05) is 30.0 Å². The first-order valence-electron chi connectivity index (χ1n) is 9.77. The molecule has 1 aromatic carbocycles. The third kappa shape index (κ3) is 3.53. The lowest BCUT2D eigenvalue weighted by molar-refractivity contribution is -0.156. The van der Waals surface area contributed by atoms with Crippen molar-refractivity contribution in [2.24, 2.45) is 0 Å². The number of nitrogens with zero attached hydrogens (tertiary/aromatic N) is 4. The third-order valence-electron chi connectivity index (χ3n) is 5.61. The summed E-state index contributed by atoms with van der Waals surface area (Å²) in [5.41, 5.74) is 0.834. The zero-order chi connectivity index (χ0) is 19.6. The van der Waals surface area contributed by atoms with Gasteiger partial charge in [0.25, 0.3) is 5.91 Å². The van der Waals surface area contributed by atoms with Crippen LogP contribution in [0.3, 0.4) is 0 Å². The van der Waals surface area contributed by atoms with Crippen LogP contribution in [-0.4, -0.2) is 47.6 Å². The van der Waals surface area contributed by atoms with Crippen molar-refractivity contribution in [1.29, 1.82) is 5.26 Å². The SMILES string of the molecule is Cc1cccc(N2CCN(C(=O)C3(Oc4ccc(C#N)cc4)CCC3)CC2)n1. The van der Waals surface area contributed by atoms with Crippen LogP contribution in [0.1, 0.15) is 30.5 Å². The molecule has 0 atom stereocenters. The molecule has 1 aliphatic heterocycles. The van der Waals surface area contributed by atoms with Gasteiger partial charge in [0.1, 0.15) is 11.6 Å². The topological polar surface area (TPSA) is 69.5 Å². The predicted octanol–water partition coefficient (Wildman–Crippen LogP) is 2.91. The van der Waals surface area contributed by atoms with Gasteiger partial charge in [0.05, 0.1) is 11.6 Å². The summed E-state index contributed by atoms with van der Waals surface area (Å²) in [6.07, 6.45) is 2.48. The lowest BCUT2D eigenvalue weighted by Crippen LogP contribution is -2.60. The van der Waals surface area contributed by atoms with Crippen molar-refractivity contribution < 1.29 is 9.53 Å². The molecule has 2 fully saturated rings. The number of hydrogen-bond donors (Lipinski definition) is 0. The van der Waals surface area contributed by atoms with E-state index in [2.05, 4.69) is 16.0 Å². The van der Waals surface area contributed by atoms with Gasteiger partial charge in [-0.05, 0) is 62.6 Å². The smallest absolute Gasteiger partial charge is 0.266 e. The number of anilines is 1. The molecule has 6 heteroatoms. The van der Waals surface area contributed by atoms with Crippen LogP contribution in [0.25, 0.3) is 0 Å². The number of hydrogen-bond acceptors (Lipinski definition) is 5. The number of nitriles is 1. The summed E-state index contributed by atoms with van der Waals surface area (Å²) in [4.78, 5) is 22.0. The Bertz CT molecular complexity index is 891. The van der Waals surface area contributed by atoms with Gasteiger partial charge < -0.3 is 14.5 Å². The average Bonchev–Trinajstić information content (AvgIpc) is 2.71. The Morgan fingerprint density at radius 2 is 1.82 bits per heavy atom. The van der Waals surface area contributed by atoms with Crippen LogP contribution < -0.4 is 9.64 Å². The Morgan fingerprint density at radius 3 is 2.39 bits per heavy atom. The Kier molecular flexibility index (Phi) is 4.91. The van der Waals surface area contributed by atoms with Crippen LogP contribution in [0.15, 0.2) is 42.5 Å². The van der Waals surface area contributed by atoms with E-state index in [1.165, 1.54) is 0 Å². The highest BCUT2D eigenvalue weighted by Crippen LogP contribution is 2.38. The van der Waals surface area contributed by atoms with E-state index < -0.39 is 5.60 Å². The molecule has 1 saturated heterocycles. The zero-order valence-electron chi connectivity index (χ0n) is 16.1. The summed E-state index contributed by atoms with van der Waals surface area (Å²) in [5, 5.41) is 8.94. The molecule has 0 radical (unpaired) electrons. The lowest BCUT2D eigenvalue weighted by atomic mass is 9.78. The number of aryl methyl sites for hydroxylation is 1. The van der Waals surface area contributed by atoms with Crippen molar-refractivity contribution in [3.63, 3.8) is 0 Å². The normalized spacial score (nSPS) is 18.1. The second-order valence-corrected chi connectivity index (χ2v) is 7.50. The number of piperazine rings is 1. The number of rotatable bonds is 4. The Balaban J connectivity index is 1.41. The molecular weight excluding hydrogens is 352 g/mol. The van der Waals surface area contributed by atoms with Crippen molar-refractivity contribution in [3.05, 3.63) is 53.7 Å². The van der Waals surface area contributed by atoms with Gasteiger partial charge >= 0.3 is 0 Å². The summed E-state index contributed by atoms with van der Waals surface area (Å²) < 4.78 is 6.15. The monoisotopic (exact) mass is 376 g/mol. The quantitative estimate of drug-likeness (QED) is 0.821. The number of carbonyl (C=O) groups is 1. The van der Waals surface area contributed by atoms with Gasteiger partial charge in [-0.25, -0.2) is 4.98 Å². The molecule has 1 aromatic heterocycles. The van der Waals surface area contributed by atoms with Gasteiger partial charge in [-0.15, -0.1) is 0 Å². The van der Waals surface area contributed by atoms with Crippen LogP contribution >= 0.6 is 0 Å². The van der Waals surface area contributed by atoms with Crippen molar-refractivity contribution in [3.8, 4) is 11.8 Å². The molecule has 144 valence electrons. The lowest BCUT2D eigenvalue weighted by Gasteiger charge is -2.45. The number of carbonyl (C=O) groups excluding carboxylic acids is 1. The van der Waals surface area contributed by atoms with Crippen LogP contribution in [0.2, 0.25) is 0 Å². The summed E-state index contributed by atoms with van der Waals surface area (Å²) in [6.45, 7) is 4.88. The molecule has 28 heavy (non-hydrogen) atoms. The van der Waals surface area contributed by atoms with Gasteiger partial charge in [-0.3, -0.25) is 4.79 Å². The third-order valence-corrected chi connectivity index (χ3v) is 5.61. The van der Waals surface area contributed by atoms with Crippen LogP contribution in [0.4, 0.5) is 5.82 Å². The van der Waals surface area contributed by atoms with Crippen LogP contribution in [0, 0.1) is 18.3 Å². The van der Waals surface area contributed by atoms with E-state index in [9.17, 15) is 4.79 Å². The molecule has 4 rings (SSSR count). The molecule has 0 N–H and O–H groups in total. The van der Waals surface area contributed by atoms with Crippen molar-refractivity contribution in [2.75, 3.05) is 31.1 Å². The molecule has 1 aliphatic carbocycles. The van der Waals surface area contributed by atoms with Crippen molar-refractivity contribution in [2.45, 2.75) is 31.8 Å². The minimum Gasteiger partial charge on any atom is -0.477 e. The highest BCUT2D eigenvalue weighted by molar-refractivity contribution is 5.87. The first kappa shape index (κ1) is 18.3. The van der Waals surface area contributed by atoms with E-state index in [4.69, 9.17) is 10.00 Å². The van der Waals surface area contributed by atoms with E-state index in [0.717, 1.165) is 43.9 Å². The summed E-state index contributed by atoms with van der Waals surface area (Å²) in [6, 6.07) is 15.1. The molecule has 2 aliphatic rings. The standard InChI is InChI=1S/C22H24N4O2/c1-17-4-2-5-20(24-17)25-12-14-26(15-13-25)21(27)22(10-3-11-22)28-19-8-6-18(16-23)7-9-19/h2,4-9H,3,10-15H2,1H3. The first-order valence-corrected chi connectivity index (χ1v) is 9.77. The Hall–Kier alpha value is -3.07. The maximum Gasteiger partial charge on any atom is 0.266 e. The largest absolute Gasteiger partial charge is 0.477 e. The van der Waals surface area contributed by atoms with Gasteiger partial charge in [0, 0.05) is 31.9 Å². The summed E-state index contributed by atoms with van der Waals surface area (Å²) in [5.74, 6) is 1.70. The van der Waals surface area contributed by atoms with Crippen molar-refractivity contribution in [1.82, 2.24) is 9.88 Å². The summed E-state index contributed by atoms with van der Waals surface area (Å²) in [7, 11) is 0. The molecule has 0 unspecified atom stereocenters. The first-order chi connectivity index (χ1) is 13.6. The van der Waals surface area contributed by atoms with E-state index in [0.29, 0.717) is 24.4 Å². The van der Waals surface area contributed by atoms with Gasteiger partial charge in [-0.2, -0.15) is 5.26 Å². The van der Waals surface area contributed by atoms with Crippen LogP contribution in [0.5, 0.6) is 5.75 Å². The number of pyridine rings is 1. The fourth-order valence-electron chi connectivity index (χ4n) is 3.81. The predicted molar refractivity (Wildman–Crippen MR) is 106 cm³/mol. The fourth-order valence-corrected chi connectivity index (χ4v) is 3.81. The van der Waals surface area contributed by atoms with E-state index >= 15 is 0 Å². The Labute approximate surface area is 165 Å².